The molecule has 2 rings (SSSR count). The van der Waals surface area contributed by atoms with Crippen LogP contribution in [0.3, 0.4) is 0 Å². The summed E-state index contributed by atoms with van der Waals surface area (Å²) in [5.41, 5.74) is 1.63. The number of piperidine rings is 1. The lowest BCUT2D eigenvalue weighted by molar-refractivity contribution is 0.323. The summed E-state index contributed by atoms with van der Waals surface area (Å²) in [4.78, 5) is 2.42. The van der Waals surface area contributed by atoms with Crippen molar-refractivity contribution in [1.29, 1.82) is 0 Å². The minimum Gasteiger partial charge on any atom is -0.369 e. The molecule has 2 heteroatoms. The van der Waals surface area contributed by atoms with E-state index in [4.69, 9.17) is 0 Å². The minimum atomic E-state index is 0.312. The average molecular weight is 204 g/mol. The Balaban J connectivity index is 2.16. The third-order valence-electron chi connectivity index (χ3n) is 3.63. The van der Waals surface area contributed by atoms with Crippen molar-refractivity contribution in [3.8, 4) is 0 Å². The summed E-state index contributed by atoms with van der Waals surface area (Å²) in [5.74, 6) is 0. The molecule has 0 spiro atoms. The molecule has 0 aliphatic carbocycles. The van der Waals surface area contributed by atoms with Crippen LogP contribution in [0, 0.1) is 0 Å². The summed E-state index contributed by atoms with van der Waals surface area (Å²) in [6, 6.07) is 10.7. The molecule has 0 atom stereocenters. The molecular weight excluding hydrogens is 184 g/mol. The molecule has 0 unspecified atom stereocenters. The molecule has 1 fully saturated rings. The third-order valence-corrected chi connectivity index (χ3v) is 3.63. The summed E-state index contributed by atoms with van der Waals surface area (Å²) in [7, 11) is 2.21. The molecule has 0 amide bonds. The van der Waals surface area contributed by atoms with E-state index < -0.39 is 0 Å². The summed E-state index contributed by atoms with van der Waals surface area (Å²) in [6.45, 7) is 4.63. The van der Waals surface area contributed by atoms with Crippen molar-refractivity contribution in [2.75, 3.05) is 25.0 Å². The summed E-state index contributed by atoms with van der Waals surface area (Å²) in [5, 5.41) is 3.42. The summed E-state index contributed by atoms with van der Waals surface area (Å²) in [6.07, 6.45) is 2.44. The monoisotopic (exact) mass is 204 g/mol. The molecule has 1 saturated heterocycles. The Bertz CT molecular complexity index is 302. The van der Waals surface area contributed by atoms with Crippen LogP contribution in [0.2, 0.25) is 0 Å². The van der Waals surface area contributed by atoms with Gasteiger partial charge in [0.15, 0.2) is 0 Å². The molecule has 1 aromatic rings. The molecule has 82 valence electrons. The van der Waals surface area contributed by atoms with Crippen LogP contribution in [0.4, 0.5) is 5.69 Å². The van der Waals surface area contributed by atoms with E-state index in [2.05, 4.69) is 54.5 Å². The first kappa shape index (κ1) is 10.5. The van der Waals surface area contributed by atoms with Crippen LogP contribution in [0.5, 0.6) is 0 Å². The largest absolute Gasteiger partial charge is 0.369 e. The van der Waals surface area contributed by atoms with Crippen LogP contribution in [0.25, 0.3) is 0 Å². The molecule has 15 heavy (non-hydrogen) atoms. The zero-order valence-electron chi connectivity index (χ0n) is 9.66. The quantitative estimate of drug-likeness (QED) is 0.795. The van der Waals surface area contributed by atoms with Crippen molar-refractivity contribution in [1.82, 2.24) is 5.32 Å². The van der Waals surface area contributed by atoms with Crippen LogP contribution in [-0.4, -0.2) is 25.7 Å². The second kappa shape index (κ2) is 4.23. The van der Waals surface area contributed by atoms with Gasteiger partial charge in [0.1, 0.15) is 0 Å². The van der Waals surface area contributed by atoms with E-state index in [0.29, 0.717) is 5.54 Å². The van der Waals surface area contributed by atoms with Gasteiger partial charge in [0.25, 0.3) is 0 Å². The van der Waals surface area contributed by atoms with Gasteiger partial charge in [0, 0.05) is 18.3 Å². The number of para-hydroxylation sites is 1. The van der Waals surface area contributed by atoms with Crippen molar-refractivity contribution in [3.63, 3.8) is 0 Å². The van der Waals surface area contributed by atoms with Gasteiger partial charge in [-0.05, 0) is 45.0 Å². The zero-order valence-corrected chi connectivity index (χ0v) is 9.66. The zero-order chi connectivity index (χ0) is 10.7. The SMILES string of the molecule is CN(c1ccccc1)C1(C)CCNCC1. The molecule has 1 aliphatic rings. The number of anilines is 1. The van der Waals surface area contributed by atoms with Crippen molar-refractivity contribution >= 4 is 5.69 Å². The molecule has 1 aliphatic heterocycles. The van der Waals surface area contributed by atoms with E-state index >= 15 is 0 Å². The first-order chi connectivity index (χ1) is 7.22. The van der Waals surface area contributed by atoms with Gasteiger partial charge in [-0.15, -0.1) is 0 Å². The Morgan fingerprint density at radius 3 is 2.33 bits per heavy atom. The number of nitrogens with zero attached hydrogens (tertiary/aromatic N) is 1. The smallest absolute Gasteiger partial charge is 0.0395 e. The number of benzene rings is 1. The lowest BCUT2D eigenvalue weighted by atomic mass is 9.88. The molecular formula is C13H20N2. The van der Waals surface area contributed by atoms with E-state index in [0.717, 1.165) is 13.1 Å². The van der Waals surface area contributed by atoms with Gasteiger partial charge >= 0.3 is 0 Å². The van der Waals surface area contributed by atoms with Gasteiger partial charge < -0.3 is 10.2 Å². The maximum atomic E-state index is 3.42. The van der Waals surface area contributed by atoms with Crippen molar-refractivity contribution in [3.05, 3.63) is 30.3 Å². The van der Waals surface area contributed by atoms with Gasteiger partial charge in [-0.2, -0.15) is 0 Å². The Morgan fingerprint density at radius 2 is 1.73 bits per heavy atom. The lowest BCUT2D eigenvalue weighted by Gasteiger charge is -2.43. The Kier molecular flexibility index (Phi) is 2.96. The fraction of sp³-hybridized carbons (Fsp3) is 0.538. The highest BCUT2D eigenvalue weighted by molar-refractivity contribution is 5.47. The van der Waals surface area contributed by atoms with Gasteiger partial charge in [0.05, 0.1) is 0 Å². The molecule has 0 aromatic heterocycles. The Hall–Kier alpha value is -1.02. The molecule has 0 saturated carbocycles. The third kappa shape index (κ3) is 2.15. The van der Waals surface area contributed by atoms with Crippen LogP contribution < -0.4 is 10.2 Å². The minimum absolute atomic E-state index is 0.312. The maximum Gasteiger partial charge on any atom is 0.0395 e. The molecule has 1 aromatic carbocycles. The van der Waals surface area contributed by atoms with Crippen LogP contribution >= 0.6 is 0 Å². The van der Waals surface area contributed by atoms with Gasteiger partial charge in [-0.1, -0.05) is 18.2 Å². The van der Waals surface area contributed by atoms with Crippen molar-refractivity contribution in [2.24, 2.45) is 0 Å². The van der Waals surface area contributed by atoms with Gasteiger partial charge in [0.2, 0.25) is 0 Å². The average Bonchev–Trinajstić information content (AvgIpc) is 2.30. The first-order valence-corrected chi connectivity index (χ1v) is 5.72. The molecule has 0 radical (unpaired) electrons. The molecule has 0 bridgehead atoms. The molecule has 1 N–H and O–H groups in total. The lowest BCUT2D eigenvalue weighted by Crippen LogP contribution is -2.51. The predicted octanol–water partition coefficient (Wildman–Crippen LogP) is 2.26. The number of nitrogens with one attached hydrogen (secondary N) is 1. The number of hydrogen-bond donors (Lipinski definition) is 1. The summed E-state index contributed by atoms with van der Waals surface area (Å²) >= 11 is 0. The van der Waals surface area contributed by atoms with Crippen LogP contribution in [-0.2, 0) is 0 Å². The molecule has 2 nitrogen and oxygen atoms in total. The normalized spacial score (nSPS) is 19.9. The van der Waals surface area contributed by atoms with Gasteiger partial charge in [-0.3, -0.25) is 0 Å². The number of hydrogen-bond acceptors (Lipinski definition) is 2. The maximum absolute atomic E-state index is 3.42. The molecule has 1 heterocycles. The summed E-state index contributed by atoms with van der Waals surface area (Å²) < 4.78 is 0. The number of rotatable bonds is 2. The highest BCUT2D eigenvalue weighted by Crippen LogP contribution is 2.29. The topological polar surface area (TPSA) is 15.3 Å². The van der Waals surface area contributed by atoms with E-state index in [-0.39, 0.29) is 0 Å². The van der Waals surface area contributed by atoms with Crippen LogP contribution in [0.15, 0.2) is 30.3 Å². The fourth-order valence-electron chi connectivity index (χ4n) is 2.26. The van der Waals surface area contributed by atoms with Gasteiger partial charge in [-0.25, -0.2) is 0 Å². The second-order valence-electron chi connectivity index (χ2n) is 4.64. The van der Waals surface area contributed by atoms with Crippen LogP contribution in [0.1, 0.15) is 19.8 Å². The predicted molar refractivity (Wildman–Crippen MR) is 65.4 cm³/mol. The first-order valence-electron chi connectivity index (χ1n) is 5.72. The Morgan fingerprint density at radius 1 is 1.13 bits per heavy atom. The highest BCUT2D eigenvalue weighted by Gasteiger charge is 2.30. The van der Waals surface area contributed by atoms with Crippen molar-refractivity contribution < 1.29 is 0 Å². The van der Waals surface area contributed by atoms with E-state index in [1.807, 2.05) is 0 Å². The van der Waals surface area contributed by atoms with E-state index in [1.54, 1.807) is 0 Å². The van der Waals surface area contributed by atoms with Crippen molar-refractivity contribution in [2.45, 2.75) is 25.3 Å². The Labute approximate surface area is 92.3 Å². The van der Waals surface area contributed by atoms with E-state index in [1.165, 1.54) is 18.5 Å². The van der Waals surface area contributed by atoms with E-state index in [9.17, 15) is 0 Å². The fourth-order valence-corrected chi connectivity index (χ4v) is 2.26. The second-order valence-corrected chi connectivity index (χ2v) is 4.64. The highest BCUT2D eigenvalue weighted by atomic mass is 15.2. The standard InChI is InChI=1S/C13H20N2/c1-13(8-10-14-11-9-13)15(2)12-6-4-3-5-7-12/h3-7,14H,8-11H2,1-2H3.